The van der Waals surface area contributed by atoms with Crippen molar-refractivity contribution >= 4 is 11.8 Å². The Bertz CT molecular complexity index is 305. The minimum atomic E-state index is -0.521. The summed E-state index contributed by atoms with van der Waals surface area (Å²) in [5.41, 5.74) is 0. The van der Waals surface area contributed by atoms with Crippen LogP contribution in [0.5, 0.6) is 0 Å². The zero-order valence-corrected chi connectivity index (χ0v) is 9.54. The van der Waals surface area contributed by atoms with Gasteiger partial charge in [0.05, 0.1) is 0 Å². The second-order valence-corrected chi connectivity index (χ2v) is 4.37. The molecule has 0 saturated heterocycles. The molecule has 1 N–H and O–H groups in total. The first kappa shape index (κ1) is 12.5. The molecule has 0 aliphatic carbocycles. The molecular weight excluding hydrogens is 216 g/mol. The highest BCUT2D eigenvalue weighted by Crippen LogP contribution is 2.23. The van der Waals surface area contributed by atoms with Crippen LogP contribution < -0.4 is 5.32 Å². The summed E-state index contributed by atoms with van der Waals surface area (Å²) in [6, 6.07) is 3.71. The molecule has 0 heterocycles. The zero-order valence-electron chi connectivity index (χ0n) is 8.72. The number of rotatable bonds is 6. The molecule has 0 aliphatic rings. The number of hydrogen-bond acceptors (Lipinski definition) is 2. The van der Waals surface area contributed by atoms with E-state index in [4.69, 9.17) is 0 Å². The maximum atomic E-state index is 13.2. The Morgan fingerprint density at radius 3 is 2.73 bits per heavy atom. The summed E-state index contributed by atoms with van der Waals surface area (Å²) >= 11 is 1.44. The molecule has 0 unspecified atom stereocenters. The molecule has 1 aromatic rings. The van der Waals surface area contributed by atoms with Gasteiger partial charge in [0.25, 0.3) is 0 Å². The van der Waals surface area contributed by atoms with Crippen molar-refractivity contribution in [1.29, 1.82) is 0 Å². The summed E-state index contributed by atoms with van der Waals surface area (Å²) in [6.07, 6.45) is 2.11. The van der Waals surface area contributed by atoms with Crippen molar-refractivity contribution in [1.82, 2.24) is 5.32 Å². The van der Waals surface area contributed by atoms with E-state index in [0.29, 0.717) is 4.90 Å². The van der Waals surface area contributed by atoms with E-state index in [1.807, 2.05) is 7.05 Å². The largest absolute Gasteiger partial charge is 0.320 e. The molecular formula is C11H15F2NS. The average molecular weight is 231 g/mol. The van der Waals surface area contributed by atoms with Gasteiger partial charge >= 0.3 is 0 Å². The quantitative estimate of drug-likeness (QED) is 0.596. The minimum absolute atomic E-state index is 0.464. The molecule has 1 rings (SSSR count). The van der Waals surface area contributed by atoms with Crippen molar-refractivity contribution in [3.63, 3.8) is 0 Å². The van der Waals surface area contributed by atoms with Crippen molar-refractivity contribution < 1.29 is 8.78 Å². The predicted molar refractivity (Wildman–Crippen MR) is 60.2 cm³/mol. The van der Waals surface area contributed by atoms with Crippen LogP contribution in [-0.4, -0.2) is 19.3 Å². The Hall–Kier alpha value is -0.610. The maximum Gasteiger partial charge on any atom is 0.139 e. The predicted octanol–water partition coefficient (Wildman–Crippen LogP) is 3.06. The molecule has 0 radical (unpaired) electrons. The summed E-state index contributed by atoms with van der Waals surface area (Å²) in [4.78, 5) is 0.529. The van der Waals surface area contributed by atoms with Crippen LogP contribution in [0.1, 0.15) is 12.8 Å². The molecule has 1 aromatic carbocycles. The molecule has 15 heavy (non-hydrogen) atoms. The highest BCUT2D eigenvalue weighted by Gasteiger charge is 2.03. The topological polar surface area (TPSA) is 12.0 Å². The van der Waals surface area contributed by atoms with Crippen LogP contribution in [0.25, 0.3) is 0 Å². The Kier molecular flexibility index (Phi) is 5.65. The third-order valence-corrected chi connectivity index (χ3v) is 3.11. The highest BCUT2D eigenvalue weighted by atomic mass is 32.2. The van der Waals surface area contributed by atoms with Gasteiger partial charge in [-0.3, -0.25) is 0 Å². The number of benzene rings is 1. The van der Waals surface area contributed by atoms with E-state index >= 15 is 0 Å². The summed E-state index contributed by atoms with van der Waals surface area (Å²) in [5, 5.41) is 3.05. The van der Waals surface area contributed by atoms with E-state index in [-0.39, 0.29) is 0 Å². The summed E-state index contributed by atoms with van der Waals surface area (Å²) < 4.78 is 25.7. The molecule has 4 heteroatoms. The van der Waals surface area contributed by atoms with E-state index in [0.717, 1.165) is 31.2 Å². The molecule has 0 aliphatic heterocycles. The molecule has 84 valence electrons. The van der Waals surface area contributed by atoms with Crippen LogP contribution in [0.15, 0.2) is 23.1 Å². The third kappa shape index (κ3) is 4.62. The fourth-order valence-corrected chi connectivity index (χ4v) is 2.11. The van der Waals surface area contributed by atoms with E-state index in [9.17, 15) is 8.78 Å². The first-order valence-electron chi connectivity index (χ1n) is 4.96. The van der Waals surface area contributed by atoms with E-state index in [2.05, 4.69) is 5.32 Å². The lowest BCUT2D eigenvalue weighted by atomic mass is 10.3. The van der Waals surface area contributed by atoms with E-state index in [1.54, 1.807) is 0 Å². The molecule has 0 bridgehead atoms. The second-order valence-electron chi connectivity index (χ2n) is 3.23. The van der Waals surface area contributed by atoms with Gasteiger partial charge < -0.3 is 5.32 Å². The minimum Gasteiger partial charge on any atom is -0.320 e. The molecule has 0 fully saturated rings. The highest BCUT2D eigenvalue weighted by molar-refractivity contribution is 7.99. The van der Waals surface area contributed by atoms with Crippen LogP contribution in [-0.2, 0) is 0 Å². The summed E-state index contributed by atoms with van der Waals surface area (Å²) in [5.74, 6) is -0.120. The molecule has 0 spiro atoms. The number of hydrogen-bond donors (Lipinski definition) is 1. The van der Waals surface area contributed by atoms with Gasteiger partial charge in [-0.25, -0.2) is 8.78 Å². The van der Waals surface area contributed by atoms with E-state index < -0.39 is 11.6 Å². The first-order chi connectivity index (χ1) is 7.24. The Morgan fingerprint density at radius 2 is 2.07 bits per heavy atom. The van der Waals surface area contributed by atoms with Gasteiger partial charge in [0.1, 0.15) is 11.6 Å². The number of unbranched alkanes of at least 4 members (excludes halogenated alkanes) is 1. The zero-order chi connectivity index (χ0) is 11.1. The lowest BCUT2D eigenvalue weighted by Gasteiger charge is -2.03. The number of thioether (sulfide) groups is 1. The lowest BCUT2D eigenvalue weighted by molar-refractivity contribution is 0.565. The van der Waals surface area contributed by atoms with E-state index in [1.165, 1.54) is 23.9 Å². The van der Waals surface area contributed by atoms with Crippen LogP contribution in [0.3, 0.4) is 0 Å². The molecule has 0 saturated carbocycles. The normalized spacial score (nSPS) is 10.6. The second kappa shape index (κ2) is 6.80. The smallest absolute Gasteiger partial charge is 0.139 e. The monoisotopic (exact) mass is 231 g/mol. The van der Waals surface area contributed by atoms with Gasteiger partial charge in [0, 0.05) is 11.0 Å². The SMILES string of the molecule is CNCCCCSc1ccc(F)cc1F. The van der Waals surface area contributed by atoms with Gasteiger partial charge in [-0.05, 0) is 44.3 Å². The van der Waals surface area contributed by atoms with Crippen molar-refractivity contribution in [2.75, 3.05) is 19.3 Å². The van der Waals surface area contributed by atoms with Gasteiger partial charge in [-0.2, -0.15) is 0 Å². The van der Waals surface area contributed by atoms with Crippen LogP contribution in [0.4, 0.5) is 8.78 Å². The molecule has 0 aromatic heterocycles. The van der Waals surface area contributed by atoms with Crippen molar-refractivity contribution in [2.24, 2.45) is 0 Å². The van der Waals surface area contributed by atoms with Crippen LogP contribution in [0, 0.1) is 11.6 Å². The Morgan fingerprint density at radius 1 is 1.27 bits per heavy atom. The standard InChI is InChI=1S/C11H15F2NS/c1-14-6-2-3-7-15-11-5-4-9(12)8-10(11)13/h4-5,8,14H,2-3,6-7H2,1H3. The molecule has 0 amide bonds. The van der Waals surface area contributed by atoms with Gasteiger partial charge in [-0.1, -0.05) is 0 Å². The van der Waals surface area contributed by atoms with Gasteiger partial charge in [0.15, 0.2) is 0 Å². The maximum absolute atomic E-state index is 13.2. The van der Waals surface area contributed by atoms with Crippen molar-refractivity contribution in [3.8, 4) is 0 Å². The summed E-state index contributed by atoms with van der Waals surface area (Å²) in [7, 11) is 1.91. The average Bonchev–Trinajstić information content (AvgIpc) is 2.20. The summed E-state index contributed by atoms with van der Waals surface area (Å²) in [6.45, 7) is 0.979. The fourth-order valence-electron chi connectivity index (χ4n) is 1.18. The lowest BCUT2D eigenvalue weighted by Crippen LogP contribution is -2.07. The van der Waals surface area contributed by atoms with Crippen molar-refractivity contribution in [3.05, 3.63) is 29.8 Å². The third-order valence-electron chi connectivity index (χ3n) is 1.97. The Labute approximate surface area is 93.3 Å². The van der Waals surface area contributed by atoms with Gasteiger partial charge in [0.2, 0.25) is 0 Å². The van der Waals surface area contributed by atoms with Crippen LogP contribution >= 0.6 is 11.8 Å². The van der Waals surface area contributed by atoms with Crippen LogP contribution in [0.2, 0.25) is 0 Å². The number of nitrogens with one attached hydrogen (secondary N) is 1. The Balaban J connectivity index is 2.31. The fraction of sp³-hybridized carbons (Fsp3) is 0.455. The first-order valence-corrected chi connectivity index (χ1v) is 5.95. The number of halogens is 2. The van der Waals surface area contributed by atoms with Gasteiger partial charge in [-0.15, -0.1) is 11.8 Å². The molecule has 0 atom stereocenters. The molecule has 1 nitrogen and oxygen atoms in total. The van der Waals surface area contributed by atoms with Crippen molar-refractivity contribution in [2.45, 2.75) is 17.7 Å².